The molecule has 1 aliphatic carbocycles. The molecule has 8 aromatic rings. The van der Waals surface area contributed by atoms with Crippen molar-refractivity contribution in [3.05, 3.63) is 139 Å². The van der Waals surface area contributed by atoms with Crippen molar-refractivity contribution in [3.63, 3.8) is 0 Å². The lowest BCUT2D eigenvalue weighted by Gasteiger charge is -2.14. The van der Waals surface area contributed by atoms with Gasteiger partial charge in [0.1, 0.15) is 0 Å². The van der Waals surface area contributed by atoms with E-state index in [1.165, 1.54) is 81.0 Å². The van der Waals surface area contributed by atoms with Crippen LogP contribution in [0.1, 0.15) is 11.1 Å². The molecule has 0 atom stereocenters. The summed E-state index contributed by atoms with van der Waals surface area (Å²) in [6, 6.07) is 46.9. The summed E-state index contributed by atoms with van der Waals surface area (Å²) in [6.45, 7) is 0. The zero-order chi connectivity index (χ0) is 25.5. The molecule has 0 amide bonds. The number of rotatable bonds is 2. The van der Waals surface area contributed by atoms with Crippen LogP contribution in [-0.4, -0.2) is 4.57 Å². The molecule has 0 spiro atoms. The van der Waals surface area contributed by atoms with Gasteiger partial charge in [0.25, 0.3) is 0 Å². The first kappa shape index (κ1) is 21.3. The van der Waals surface area contributed by atoms with Crippen molar-refractivity contribution < 1.29 is 0 Å². The van der Waals surface area contributed by atoms with Gasteiger partial charge in [-0.05, 0) is 64.6 Å². The summed E-state index contributed by atoms with van der Waals surface area (Å²) in [7, 11) is 0. The maximum Gasteiger partial charge on any atom is 0.0555 e. The minimum absolute atomic E-state index is 1.02. The van der Waals surface area contributed by atoms with Crippen LogP contribution < -0.4 is 0 Å². The van der Waals surface area contributed by atoms with E-state index in [-0.39, 0.29) is 0 Å². The molecule has 9 rings (SSSR count). The van der Waals surface area contributed by atoms with Gasteiger partial charge in [0.2, 0.25) is 0 Å². The van der Waals surface area contributed by atoms with Gasteiger partial charge in [-0.15, -0.1) is 11.3 Å². The average Bonchev–Trinajstić information content (AvgIpc) is 3.65. The number of hydrogen-bond acceptors (Lipinski definition) is 1. The lowest BCUT2D eigenvalue weighted by Crippen LogP contribution is -1.96. The fourth-order valence-corrected chi connectivity index (χ4v) is 7.87. The van der Waals surface area contributed by atoms with Crippen molar-refractivity contribution in [3.8, 4) is 27.9 Å². The largest absolute Gasteiger partial charge is 0.309 e. The van der Waals surface area contributed by atoms with Crippen LogP contribution in [-0.2, 0) is 6.42 Å². The smallest absolute Gasteiger partial charge is 0.0555 e. The van der Waals surface area contributed by atoms with Gasteiger partial charge in [0, 0.05) is 36.5 Å². The molecule has 0 radical (unpaired) electrons. The molecule has 1 aliphatic rings. The number of hydrogen-bond donors (Lipinski definition) is 0. The Morgan fingerprint density at radius 2 is 1.28 bits per heavy atom. The Kier molecular flexibility index (Phi) is 4.33. The van der Waals surface area contributed by atoms with Gasteiger partial charge in [0.15, 0.2) is 0 Å². The zero-order valence-corrected chi connectivity index (χ0v) is 22.0. The predicted molar refractivity (Wildman–Crippen MR) is 167 cm³/mol. The van der Waals surface area contributed by atoms with Crippen molar-refractivity contribution >= 4 is 53.3 Å². The van der Waals surface area contributed by atoms with E-state index in [1.54, 1.807) is 0 Å². The number of nitrogens with zero attached hydrogens (tertiary/aromatic N) is 1. The minimum Gasteiger partial charge on any atom is -0.309 e. The molecule has 39 heavy (non-hydrogen) atoms. The van der Waals surface area contributed by atoms with Crippen molar-refractivity contribution in [2.45, 2.75) is 6.42 Å². The van der Waals surface area contributed by atoms with Gasteiger partial charge >= 0.3 is 0 Å². The fourth-order valence-electron chi connectivity index (χ4n) is 6.74. The molecule has 0 unspecified atom stereocenters. The lowest BCUT2D eigenvalue weighted by molar-refractivity contribution is 1.18. The zero-order valence-electron chi connectivity index (χ0n) is 21.2. The van der Waals surface area contributed by atoms with Gasteiger partial charge in [-0.3, -0.25) is 0 Å². The number of para-hydroxylation sites is 2. The first-order valence-corrected chi connectivity index (χ1v) is 14.3. The Balaban J connectivity index is 1.40. The van der Waals surface area contributed by atoms with E-state index >= 15 is 0 Å². The third-order valence-corrected chi connectivity index (χ3v) is 9.53. The molecule has 0 bridgehead atoms. The Hall–Kier alpha value is -4.66. The van der Waals surface area contributed by atoms with Crippen LogP contribution in [0.4, 0.5) is 0 Å². The third-order valence-electron chi connectivity index (χ3n) is 8.41. The van der Waals surface area contributed by atoms with E-state index in [4.69, 9.17) is 0 Å². The predicted octanol–water partition coefficient (Wildman–Crippen LogP) is 10.4. The highest BCUT2D eigenvalue weighted by Crippen LogP contribution is 2.48. The molecule has 0 fully saturated rings. The summed E-state index contributed by atoms with van der Waals surface area (Å²) in [5.74, 6) is 0. The first-order chi connectivity index (χ1) is 19.3. The Morgan fingerprint density at radius 3 is 2.21 bits per heavy atom. The molecule has 0 saturated heterocycles. The normalized spacial score (nSPS) is 12.5. The summed E-state index contributed by atoms with van der Waals surface area (Å²) in [5, 5.41) is 5.39. The highest BCUT2D eigenvalue weighted by molar-refractivity contribution is 7.26. The van der Waals surface area contributed by atoms with Gasteiger partial charge in [-0.25, -0.2) is 0 Å². The lowest BCUT2D eigenvalue weighted by atomic mass is 9.98. The van der Waals surface area contributed by atoms with Crippen LogP contribution in [0.25, 0.3) is 69.9 Å². The van der Waals surface area contributed by atoms with Gasteiger partial charge in [0.05, 0.1) is 16.7 Å². The standard InChI is InChI=1S/C37H23NS/c1-2-10-23(11-3-1)26-13-6-8-16-31(26)38-32-17-9-7-15-28(32)29-21-30-35(22-33(29)38)39-34-19-18-25-20-24-12-4-5-14-27(24)36(25)37(30)34/h1-19,21-22H,20H2. The third kappa shape index (κ3) is 2.95. The first-order valence-electron chi connectivity index (χ1n) is 13.5. The molecule has 1 nitrogen and oxygen atoms in total. The van der Waals surface area contributed by atoms with Gasteiger partial charge in [-0.2, -0.15) is 0 Å². The van der Waals surface area contributed by atoms with E-state index < -0.39 is 0 Å². The van der Waals surface area contributed by atoms with E-state index in [0.717, 1.165) is 6.42 Å². The molecule has 0 aliphatic heterocycles. The summed E-state index contributed by atoms with van der Waals surface area (Å²) >= 11 is 1.92. The maximum atomic E-state index is 2.47. The van der Waals surface area contributed by atoms with Crippen LogP contribution in [0.3, 0.4) is 0 Å². The van der Waals surface area contributed by atoms with Gasteiger partial charge < -0.3 is 4.57 Å². The topological polar surface area (TPSA) is 4.93 Å². The Morgan fingerprint density at radius 1 is 0.513 bits per heavy atom. The Labute approximate surface area is 230 Å². The van der Waals surface area contributed by atoms with Gasteiger partial charge in [-0.1, -0.05) is 97.1 Å². The highest BCUT2D eigenvalue weighted by atomic mass is 32.1. The summed E-state index contributed by atoms with van der Waals surface area (Å²) in [5.41, 5.74) is 11.9. The molecular formula is C37H23NS. The maximum absolute atomic E-state index is 2.47. The summed E-state index contributed by atoms with van der Waals surface area (Å²) in [6.07, 6.45) is 1.02. The second-order valence-electron chi connectivity index (χ2n) is 10.5. The van der Waals surface area contributed by atoms with E-state index in [9.17, 15) is 0 Å². The molecule has 182 valence electrons. The SMILES string of the molecule is c1ccc(-c2ccccc2-n2c3ccccc3c3cc4c(cc32)sc2ccc3c(c24)-c2ccccc2C3)cc1. The van der Waals surface area contributed by atoms with Crippen LogP contribution in [0.5, 0.6) is 0 Å². The van der Waals surface area contributed by atoms with Crippen molar-refractivity contribution in [1.82, 2.24) is 4.57 Å². The molecule has 0 saturated carbocycles. The highest BCUT2D eigenvalue weighted by Gasteiger charge is 2.24. The van der Waals surface area contributed by atoms with E-state index in [1.807, 2.05) is 11.3 Å². The summed E-state index contributed by atoms with van der Waals surface area (Å²) < 4.78 is 5.18. The molecule has 0 N–H and O–H groups in total. The monoisotopic (exact) mass is 513 g/mol. The van der Waals surface area contributed by atoms with Crippen molar-refractivity contribution in [1.29, 1.82) is 0 Å². The molecule has 2 heteroatoms. The number of aromatic nitrogens is 1. The second kappa shape index (κ2) is 7.92. The fraction of sp³-hybridized carbons (Fsp3) is 0.0270. The van der Waals surface area contributed by atoms with Crippen molar-refractivity contribution in [2.24, 2.45) is 0 Å². The molecule has 6 aromatic carbocycles. The quantitative estimate of drug-likeness (QED) is 0.217. The molecule has 2 aromatic heterocycles. The minimum atomic E-state index is 1.02. The van der Waals surface area contributed by atoms with Crippen LogP contribution in [0.15, 0.2) is 127 Å². The van der Waals surface area contributed by atoms with Crippen molar-refractivity contribution in [2.75, 3.05) is 0 Å². The van der Waals surface area contributed by atoms with Crippen LogP contribution in [0, 0.1) is 0 Å². The number of fused-ring (bicyclic) bond motifs is 10. The van der Waals surface area contributed by atoms with Crippen LogP contribution >= 0.6 is 11.3 Å². The summed E-state index contributed by atoms with van der Waals surface area (Å²) in [4.78, 5) is 0. The van der Waals surface area contributed by atoms with E-state index in [0.29, 0.717) is 0 Å². The van der Waals surface area contributed by atoms with Crippen LogP contribution in [0.2, 0.25) is 0 Å². The average molecular weight is 514 g/mol. The number of thiophene rings is 1. The second-order valence-corrected chi connectivity index (χ2v) is 11.6. The Bertz CT molecular complexity index is 2250. The molecular weight excluding hydrogens is 490 g/mol. The van der Waals surface area contributed by atoms with E-state index in [2.05, 4.69) is 132 Å². The number of benzene rings is 6. The molecule has 2 heterocycles.